The molecular weight excluding hydrogens is 285 g/mol. The molecule has 1 aromatic rings. The minimum absolute atomic E-state index is 0. The van der Waals surface area contributed by atoms with Gasteiger partial charge in [-0.25, -0.2) is 0 Å². The number of aromatic nitrogens is 1. The Bertz CT molecular complexity index is 331. The Morgan fingerprint density at radius 3 is 2.37 bits per heavy atom. The van der Waals surface area contributed by atoms with Crippen LogP contribution in [0.25, 0.3) is 0 Å². The zero-order chi connectivity index (χ0) is 11.2. The third-order valence-corrected chi connectivity index (χ3v) is 3.35. The van der Waals surface area contributed by atoms with Gasteiger partial charge in [0.1, 0.15) is 0 Å². The maximum absolute atomic E-state index is 5.72. The summed E-state index contributed by atoms with van der Waals surface area (Å²) in [5.41, 5.74) is 8.01. The van der Waals surface area contributed by atoms with Crippen LogP contribution in [0.5, 0.6) is 0 Å². The van der Waals surface area contributed by atoms with Crippen LogP contribution in [-0.2, 0) is 6.54 Å². The number of pyridine rings is 1. The van der Waals surface area contributed by atoms with E-state index < -0.39 is 0 Å². The Labute approximate surface area is 127 Å². The quantitative estimate of drug-likeness (QED) is 0.842. The number of nitrogens with one attached hydrogen (secondary N) is 1. The van der Waals surface area contributed by atoms with Gasteiger partial charge >= 0.3 is 0 Å². The van der Waals surface area contributed by atoms with Crippen molar-refractivity contribution in [3.63, 3.8) is 0 Å². The Hall–Kier alpha value is -0.550. The van der Waals surface area contributed by atoms with Crippen molar-refractivity contribution in [2.45, 2.75) is 51.1 Å². The summed E-state index contributed by atoms with van der Waals surface area (Å²) in [6.45, 7) is 0.581. The summed E-state index contributed by atoms with van der Waals surface area (Å²) in [6, 6.07) is 2.61. The molecule has 1 aliphatic rings. The van der Waals surface area contributed by atoms with Crippen LogP contribution in [-0.4, -0.2) is 16.5 Å². The van der Waals surface area contributed by atoms with E-state index >= 15 is 0 Å². The molecule has 0 atom stereocenters. The summed E-state index contributed by atoms with van der Waals surface area (Å²) in [5, 5.41) is 3.60. The highest BCUT2D eigenvalue weighted by molar-refractivity contribution is 5.85. The van der Waals surface area contributed by atoms with Crippen molar-refractivity contribution in [1.29, 1.82) is 0 Å². The fourth-order valence-electron chi connectivity index (χ4n) is 2.37. The highest BCUT2D eigenvalue weighted by Gasteiger charge is 2.12. The second kappa shape index (κ2) is 11.3. The highest BCUT2D eigenvalue weighted by atomic mass is 35.5. The number of nitrogens with zero attached hydrogens (tertiary/aromatic N) is 1. The minimum Gasteiger partial charge on any atom is -0.412 e. The average Bonchev–Trinajstić information content (AvgIpc) is 2.58. The third-order valence-electron chi connectivity index (χ3n) is 3.35. The summed E-state index contributed by atoms with van der Waals surface area (Å²) in [4.78, 5) is 4.16. The normalized spacial score (nSPS) is 15.2. The molecule has 0 amide bonds. The average molecular weight is 310 g/mol. The van der Waals surface area contributed by atoms with Gasteiger partial charge in [-0.3, -0.25) is 4.98 Å². The first-order chi connectivity index (χ1) is 7.90. The van der Waals surface area contributed by atoms with Crippen LogP contribution in [0.15, 0.2) is 18.5 Å². The fraction of sp³-hybridized carbons (Fsp3) is 0.615. The van der Waals surface area contributed by atoms with Crippen molar-refractivity contribution >= 4 is 30.5 Å². The number of hydrogen-bond donors (Lipinski definition) is 2. The van der Waals surface area contributed by atoms with E-state index in [0.29, 0.717) is 12.6 Å². The molecule has 1 fully saturated rings. The molecule has 1 saturated carbocycles. The molecule has 0 saturated heterocycles. The van der Waals surface area contributed by atoms with Gasteiger partial charge in [-0.1, -0.05) is 25.7 Å². The molecule has 0 spiro atoms. The van der Waals surface area contributed by atoms with Crippen molar-refractivity contribution in [2.24, 2.45) is 5.73 Å². The predicted molar refractivity (Wildman–Crippen MR) is 85.4 cm³/mol. The monoisotopic (exact) mass is 309 g/mol. The summed E-state index contributed by atoms with van der Waals surface area (Å²) < 4.78 is 0. The van der Waals surface area contributed by atoms with E-state index in [1.807, 2.05) is 12.3 Å². The van der Waals surface area contributed by atoms with Crippen molar-refractivity contribution in [3.05, 3.63) is 24.0 Å². The van der Waals surface area contributed by atoms with Crippen molar-refractivity contribution < 1.29 is 5.48 Å². The maximum atomic E-state index is 5.72. The van der Waals surface area contributed by atoms with Gasteiger partial charge in [-0.15, -0.1) is 24.8 Å². The van der Waals surface area contributed by atoms with E-state index in [1.54, 1.807) is 6.20 Å². The standard InChI is InChI=1S/C13H21N3.2ClH.H2O/c14-9-11-7-8-15-10-13(11)16-12-5-3-1-2-4-6-12;;;/h7-8,10,12,16H,1-6,9,14H2;2*1H;1H2. The summed E-state index contributed by atoms with van der Waals surface area (Å²) >= 11 is 0. The second-order valence-corrected chi connectivity index (χ2v) is 4.57. The number of anilines is 1. The van der Waals surface area contributed by atoms with E-state index in [2.05, 4.69) is 10.3 Å². The molecular formula is C13H25Cl2N3O. The molecule has 1 aliphatic carbocycles. The maximum Gasteiger partial charge on any atom is 0.0574 e. The van der Waals surface area contributed by atoms with Crippen LogP contribution in [0, 0.1) is 0 Å². The Kier molecular flexibility index (Phi) is 12.3. The van der Waals surface area contributed by atoms with E-state index in [-0.39, 0.29) is 30.3 Å². The molecule has 2 rings (SSSR count). The second-order valence-electron chi connectivity index (χ2n) is 4.57. The highest BCUT2D eigenvalue weighted by Crippen LogP contribution is 2.22. The van der Waals surface area contributed by atoms with E-state index in [9.17, 15) is 0 Å². The smallest absolute Gasteiger partial charge is 0.0574 e. The number of nitrogens with two attached hydrogens (primary N) is 1. The first-order valence-corrected chi connectivity index (χ1v) is 6.29. The van der Waals surface area contributed by atoms with Crippen molar-refractivity contribution in [1.82, 2.24) is 4.98 Å². The Morgan fingerprint density at radius 1 is 1.16 bits per heavy atom. The predicted octanol–water partition coefficient (Wildman–Crippen LogP) is 2.69. The summed E-state index contributed by atoms with van der Waals surface area (Å²) in [6.07, 6.45) is 11.7. The SMILES string of the molecule is Cl.Cl.NCc1ccncc1NC1CCCCCC1.O. The van der Waals surface area contributed by atoms with Gasteiger partial charge in [0.05, 0.1) is 11.9 Å². The Morgan fingerprint density at radius 2 is 1.79 bits per heavy atom. The molecule has 1 heterocycles. The van der Waals surface area contributed by atoms with Crippen LogP contribution >= 0.6 is 24.8 Å². The molecule has 0 unspecified atom stereocenters. The van der Waals surface area contributed by atoms with E-state index in [1.165, 1.54) is 44.1 Å². The lowest BCUT2D eigenvalue weighted by molar-refractivity contribution is 0.619. The van der Waals surface area contributed by atoms with Crippen LogP contribution in [0.3, 0.4) is 0 Å². The number of rotatable bonds is 3. The molecule has 0 bridgehead atoms. The van der Waals surface area contributed by atoms with Gasteiger partial charge in [-0.05, 0) is 24.5 Å². The lowest BCUT2D eigenvalue weighted by atomic mass is 10.1. The number of hydrogen-bond acceptors (Lipinski definition) is 3. The van der Waals surface area contributed by atoms with Crippen molar-refractivity contribution in [3.8, 4) is 0 Å². The summed E-state index contributed by atoms with van der Waals surface area (Å²) in [7, 11) is 0. The zero-order valence-corrected chi connectivity index (χ0v) is 12.7. The van der Waals surface area contributed by atoms with E-state index in [4.69, 9.17) is 5.73 Å². The molecule has 1 aromatic heterocycles. The molecule has 19 heavy (non-hydrogen) atoms. The van der Waals surface area contributed by atoms with Gasteiger partial charge < -0.3 is 16.5 Å². The van der Waals surface area contributed by atoms with Crippen LogP contribution in [0.4, 0.5) is 5.69 Å². The van der Waals surface area contributed by atoms with Crippen LogP contribution < -0.4 is 11.1 Å². The molecule has 6 heteroatoms. The van der Waals surface area contributed by atoms with E-state index in [0.717, 1.165) is 5.69 Å². The molecule has 0 aliphatic heterocycles. The molecule has 0 radical (unpaired) electrons. The fourth-order valence-corrected chi connectivity index (χ4v) is 2.37. The molecule has 0 aromatic carbocycles. The van der Waals surface area contributed by atoms with Crippen LogP contribution in [0.2, 0.25) is 0 Å². The van der Waals surface area contributed by atoms with Gasteiger partial charge in [-0.2, -0.15) is 0 Å². The van der Waals surface area contributed by atoms with Crippen molar-refractivity contribution in [2.75, 3.05) is 5.32 Å². The van der Waals surface area contributed by atoms with Gasteiger partial charge in [0.25, 0.3) is 0 Å². The first kappa shape index (κ1) is 20.8. The minimum atomic E-state index is 0. The lowest BCUT2D eigenvalue weighted by Gasteiger charge is -2.19. The van der Waals surface area contributed by atoms with Gasteiger partial charge in [0, 0.05) is 18.8 Å². The zero-order valence-electron chi connectivity index (χ0n) is 11.1. The largest absolute Gasteiger partial charge is 0.412 e. The van der Waals surface area contributed by atoms with Crippen LogP contribution in [0.1, 0.15) is 44.1 Å². The van der Waals surface area contributed by atoms with Gasteiger partial charge in [0.15, 0.2) is 0 Å². The third kappa shape index (κ3) is 6.43. The molecule has 5 N–H and O–H groups in total. The molecule has 4 nitrogen and oxygen atoms in total. The summed E-state index contributed by atoms with van der Waals surface area (Å²) in [5.74, 6) is 0. The van der Waals surface area contributed by atoms with Gasteiger partial charge in [0.2, 0.25) is 0 Å². The lowest BCUT2D eigenvalue weighted by Crippen LogP contribution is -2.19. The molecule has 112 valence electrons. The Balaban J connectivity index is 0. The topological polar surface area (TPSA) is 82.4 Å². The number of halogens is 2. The first-order valence-electron chi connectivity index (χ1n) is 6.29.